The highest BCUT2D eigenvalue weighted by Gasteiger charge is 2.15. The molecule has 0 amide bonds. The Labute approximate surface area is 71.0 Å². The van der Waals surface area contributed by atoms with Crippen molar-refractivity contribution >= 4 is 11.8 Å². The van der Waals surface area contributed by atoms with Gasteiger partial charge in [-0.2, -0.15) is 11.8 Å². The fourth-order valence-corrected chi connectivity index (χ4v) is 2.45. The van der Waals surface area contributed by atoms with Crippen molar-refractivity contribution in [2.75, 3.05) is 5.75 Å². The molecule has 1 heterocycles. The maximum atomic E-state index is 5.93. The predicted molar refractivity (Wildman–Crippen MR) is 49.5 cm³/mol. The summed E-state index contributed by atoms with van der Waals surface area (Å²) in [5.41, 5.74) is 8.68. The van der Waals surface area contributed by atoms with Crippen LogP contribution in [-0.4, -0.2) is 5.75 Å². The molecule has 0 aromatic heterocycles. The van der Waals surface area contributed by atoms with Gasteiger partial charge in [0.05, 0.1) is 0 Å². The molecular weight excluding hydrogens is 154 g/mol. The summed E-state index contributed by atoms with van der Waals surface area (Å²) in [6.45, 7) is 0. The van der Waals surface area contributed by atoms with E-state index >= 15 is 0 Å². The van der Waals surface area contributed by atoms with Gasteiger partial charge in [0.25, 0.3) is 0 Å². The zero-order chi connectivity index (χ0) is 7.68. The van der Waals surface area contributed by atoms with E-state index in [1.807, 2.05) is 11.8 Å². The number of nitrogens with two attached hydrogens (primary N) is 1. The maximum Gasteiger partial charge on any atom is 0.0389 e. The monoisotopic (exact) mass is 165 g/mol. The Balaban J connectivity index is 2.44. The molecule has 0 bridgehead atoms. The van der Waals surface area contributed by atoms with Crippen LogP contribution in [0.1, 0.15) is 17.2 Å². The molecule has 0 spiro atoms. The molecule has 1 atom stereocenters. The molecule has 0 fully saturated rings. The Morgan fingerprint density at radius 1 is 1.36 bits per heavy atom. The number of rotatable bonds is 0. The van der Waals surface area contributed by atoms with Crippen molar-refractivity contribution in [3.63, 3.8) is 0 Å². The number of thioether (sulfide) groups is 1. The highest BCUT2D eigenvalue weighted by atomic mass is 32.2. The predicted octanol–water partition coefficient (Wildman–Crippen LogP) is 1.93. The topological polar surface area (TPSA) is 26.0 Å². The van der Waals surface area contributed by atoms with Crippen molar-refractivity contribution < 1.29 is 0 Å². The van der Waals surface area contributed by atoms with E-state index in [1.165, 1.54) is 11.1 Å². The molecule has 2 rings (SSSR count). The maximum absolute atomic E-state index is 5.93. The highest BCUT2D eigenvalue weighted by molar-refractivity contribution is 7.98. The zero-order valence-corrected chi connectivity index (χ0v) is 7.10. The summed E-state index contributed by atoms with van der Waals surface area (Å²) in [6, 6.07) is 8.71. The molecule has 0 aliphatic carbocycles. The third-order valence-corrected chi connectivity index (χ3v) is 3.12. The van der Waals surface area contributed by atoms with Crippen LogP contribution in [0.15, 0.2) is 24.3 Å². The van der Waals surface area contributed by atoms with Crippen LogP contribution < -0.4 is 5.73 Å². The van der Waals surface area contributed by atoms with Gasteiger partial charge < -0.3 is 5.73 Å². The first-order valence-corrected chi connectivity index (χ1v) is 4.94. The van der Waals surface area contributed by atoms with Gasteiger partial charge in [-0.15, -0.1) is 0 Å². The van der Waals surface area contributed by atoms with Crippen LogP contribution in [-0.2, 0) is 5.75 Å². The average molecular weight is 165 g/mol. The lowest BCUT2D eigenvalue weighted by molar-refractivity contribution is 0.809. The highest BCUT2D eigenvalue weighted by Crippen LogP contribution is 2.29. The van der Waals surface area contributed by atoms with E-state index in [4.69, 9.17) is 5.73 Å². The minimum Gasteiger partial charge on any atom is -0.323 e. The summed E-state index contributed by atoms with van der Waals surface area (Å²) < 4.78 is 0. The summed E-state index contributed by atoms with van der Waals surface area (Å²) in [5.74, 6) is 2.20. The van der Waals surface area contributed by atoms with Gasteiger partial charge >= 0.3 is 0 Å². The fraction of sp³-hybridized carbons (Fsp3) is 0.333. The van der Waals surface area contributed by atoms with Gasteiger partial charge in [-0.05, 0) is 11.1 Å². The van der Waals surface area contributed by atoms with Crippen molar-refractivity contribution in [1.29, 1.82) is 0 Å². The van der Waals surface area contributed by atoms with E-state index in [0.29, 0.717) is 0 Å². The van der Waals surface area contributed by atoms with Crippen LogP contribution >= 0.6 is 11.8 Å². The molecule has 2 heteroatoms. The summed E-state index contributed by atoms with van der Waals surface area (Å²) in [5, 5.41) is 0. The molecule has 0 saturated heterocycles. The Hall–Kier alpha value is -0.470. The lowest BCUT2D eigenvalue weighted by atomic mass is 10.0. The van der Waals surface area contributed by atoms with Gasteiger partial charge in [-0.25, -0.2) is 0 Å². The SMILES string of the molecule is N[C@H]1CSCc2ccccc21. The van der Waals surface area contributed by atoms with Crippen LogP contribution in [0.5, 0.6) is 0 Å². The average Bonchev–Trinajstić information content (AvgIpc) is 2.06. The minimum atomic E-state index is 0.255. The third kappa shape index (κ3) is 1.28. The lowest BCUT2D eigenvalue weighted by Gasteiger charge is -2.21. The Bertz CT molecular complexity index is 259. The number of fused-ring (bicyclic) bond motifs is 1. The standard InChI is InChI=1S/C9H11NS/c10-9-6-11-5-7-3-1-2-4-8(7)9/h1-4,9H,5-6,10H2/t9-/m0/s1. The van der Waals surface area contributed by atoms with Gasteiger partial charge in [0.2, 0.25) is 0 Å². The molecule has 11 heavy (non-hydrogen) atoms. The molecule has 1 nitrogen and oxygen atoms in total. The molecule has 0 unspecified atom stereocenters. The summed E-state index contributed by atoms with van der Waals surface area (Å²) in [4.78, 5) is 0. The lowest BCUT2D eigenvalue weighted by Crippen LogP contribution is -2.18. The van der Waals surface area contributed by atoms with E-state index in [1.54, 1.807) is 0 Å². The third-order valence-electron chi connectivity index (χ3n) is 2.01. The molecule has 1 aromatic rings. The second-order valence-corrected chi connectivity index (χ2v) is 3.85. The van der Waals surface area contributed by atoms with Gasteiger partial charge in [0.15, 0.2) is 0 Å². The molecule has 1 aromatic carbocycles. The number of benzene rings is 1. The van der Waals surface area contributed by atoms with Gasteiger partial charge in [0.1, 0.15) is 0 Å². The summed E-state index contributed by atoms with van der Waals surface area (Å²) in [6.07, 6.45) is 0. The normalized spacial score (nSPS) is 22.8. The molecule has 0 radical (unpaired) electrons. The molecule has 58 valence electrons. The summed E-state index contributed by atoms with van der Waals surface area (Å²) in [7, 11) is 0. The van der Waals surface area contributed by atoms with Crippen LogP contribution in [0, 0.1) is 0 Å². The zero-order valence-electron chi connectivity index (χ0n) is 6.29. The van der Waals surface area contributed by atoms with Crippen molar-refractivity contribution in [3.05, 3.63) is 35.4 Å². The first-order chi connectivity index (χ1) is 5.38. The Morgan fingerprint density at radius 3 is 3.00 bits per heavy atom. The van der Waals surface area contributed by atoms with E-state index < -0.39 is 0 Å². The quantitative estimate of drug-likeness (QED) is 0.635. The number of hydrogen-bond acceptors (Lipinski definition) is 2. The van der Waals surface area contributed by atoms with Gasteiger partial charge in [-0.3, -0.25) is 0 Å². The van der Waals surface area contributed by atoms with Crippen LogP contribution in [0.25, 0.3) is 0 Å². The Kier molecular flexibility index (Phi) is 1.88. The van der Waals surface area contributed by atoms with E-state index in [2.05, 4.69) is 24.3 Å². The number of hydrogen-bond donors (Lipinski definition) is 1. The van der Waals surface area contributed by atoms with Crippen molar-refractivity contribution in [1.82, 2.24) is 0 Å². The largest absolute Gasteiger partial charge is 0.323 e. The molecule has 0 saturated carbocycles. The van der Waals surface area contributed by atoms with Crippen LogP contribution in [0.3, 0.4) is 0 Å². The van der Waals surface area contributed by atoms with Crippen molar-refractivity contribution in [2.24, 2.45) is 5.73 Å². The summed E-state index contributed by atoms with van der Waals surface area (Å²) >= 11 is 1.92. The molecule has 2 N–H and O–H groups in total. The molecule has 1 aliphatic heterocycles. The molecule has 1 aliphatic rings. The first kappa shape index (κ1) is 7.19. The van der Waals surface area contributed by atoms with E-state index in [9.17, 15) is 0 Å². The second-order valence-electron chi connectivity index (χ2n) is 2.82. The van der Waals surface area contributed by atoms with Gasteiger partial charge in [-0.1, -0.05) is 24.3 Å². The smallest absolute Gasteiger partial charge is 0.0389 e. The van der Waals surface area contributed by atoms with Crippen LogP contribution in [0.4, 0.5) is 0 Å². The van der Waals surface area contributed by atoms with Gasteiger partial charge in [0, 0.05) is 17.5 Å². The van der Waals surface area contributed by atoms with E-state index in [-0.39, 0.29) is 6.04 Å². The minimum absolute atomic E-state index is 0.255. The Morgan fingerprint density at radius 2 is 2.18 bits per heavy atom. The molecular formula is C9H11NS. The van der Waals surface area contributed by atoms with Crippen molar-refractivity contribution in [2.45, 2.75) is 11.8 Å². The first-order valence-electron chi connectivity index (χ1n) is 3.79. The van der Waals surface area contributed by atoms with Crippen molar-refractivity contribution in [3.8, 4) is 0 Å². The fourth-order valence-electron chi connectivity index (χ4n) is 1.41. The van der Waals surface area contributed by atoms with Crippen LogP contribution in [0.2, 0.25) is 0 Å². The van der Waals surface area contributed by atoms with E-state index in [0.717, 1.165) is 11.5 Å². The second kappa shape index (κ2) is 2.88.